The molecule has 0 saturated heterocycles. The first kappa shape index (κ1) is 16.3. The molecule has 3 aromatic rings. The highest BCUT2D eigenvalue weighted by Gasteiger charge is 2.31. The van der Waals surface area contributed by atoms with E-state index in [9.17, 15) is 10.1 Å². The van der Waals surface area contributed by atoms with Crippen molar-refractivity contribution in [1.29, 1.82) is 5.26 Å². The molecular weight excluding hydrogens is 326 g/mol. The van der Waals surface area contributed by atoms with Gasteiger partial charge in [0, 0.05) is 11.3 Å². The molecule has 26 heavy (non-hydrogen) atoms. The van der Waals surface area contributed by atoms with E-state index in [0.29, 0.717) is 17.2 Å². The molecule has 2 heterocycles. The van der Waals surface area contributed by atoms with Crippen LogP contribution in [0.15, 0.2) is 24.4 Å². The van der Waals surface area contributed by atoms with Gasteiger partial charge < -0.3 is 5.32 Å². The molecule has 130 valence electrons. The molecule has 0 radical (unpaired) electrons. The molecule has 1 aliphatic rings. The number of anilines is 1. The summed E-state index contributed by atoms with van der Waals surface area (Å²) in [7, 11) is 0. The van der Waals surface area contributed by atoms with Crippen molar-refractivity contribution in [3.05, 3.63) is 46.6 Å². The Balaban J connectivity index is 1.86. The third-order valence-electron chi connectivity index (χ3n) is 4.74. The predicted molar refractivity (Wildman–Crippen MR) is 99.1 cm³/mol. The maximum atomic E-state index is 12.2. The Bertz CT molecular complexity index is 1090. The van der Waals surface area contributed by atoms with Gasteiger partial charge in [-0.25, -0.2) is 4.98 Å². The van der Waals surface area contributed by atoms with Crippen molar-refractivity contribution in [1.82, 2.24) is 14.8 Å². The molecule has 0 bridgehead atoms. The maximum Gasteiger partial charge on any atom is 0.228 e. The minimum Gasteiger partial charge on any atom is -0.309 e. The molecule has 0 aliphatic heterocycles. The van der Waals surface area contributed by atoms with Gasteiger partial charge in [-0.05, 0) is 56.9 Å². The third kappa shape index (κ3) is 2.72. The van der Waals surface area contributed by atoms with Crippen LogP contribution in [0.2, 0.25) is 0 Å². The zero-order chi connectivity index (χ0) is 18.4. The summed E-state index contributed by atoms with van der Waals surface area (Å²) >= 11 is 0. The van der Waals surface area contributed by atoms with Gasteiger partial charge in [-0.3, -0.25) is 4.79 Å². The topological polar surface area (TPSA) is 83.6 Å². The minimum atomic E-state index is -0.0624. The van der Waals surface area contributed by atoms with E-state index in [4.69, 9.17) is 4.98 Å². The van der Waals surface area contributed by atoms with Crippen LogP contribution in [0, 0.1) is 38.0 Å². The molecule has 0 unspecified atom stereocenters. The Hall–Kier alpha value is -3.20. The fourth-order valence-corrected chi connectivity index (χ4v) is 3.22. The molecule has 1 aliphatic carbocycles. The summed E-state index contributed by atoms with van der Waals surface area (Å²) in [4.78, 5) is 17.0. The van der Waals surface area contributed by atoms with Gasteiger partial charge in [0.1, 0.15) is 11.6 Å². The Morgan fingerprint density at radius 1 is 1.23 bits per heavy atom. The second kappa shape index (κ2) is 5.95. The number of aromatic nitrogens is 3. The highest BCUT2D eigenvalue weighted by atomic mass is 16.2. The zero-order valence-corrected chi connectivity index (χ0v) is 15.0. The van der Waals surface area contributed by atoms with Gasteiger partial charge in [0.2, 0.25) is 5.91 Å². The number of fused-ring (bicyclic) bond motifs is 1. The van der Waals surface area contributed by atoms with E-state index < -0.39 is 0 Å². The first-order valence-corrected chi connectivity index (χ1v) is 8.66. The van der Waals surface area contributed by atoms with Crippen molar-refractivity contribution < 1.29 is 4.79 Å². The van der Waals surface area contributed by atoms with Gasteiger partial charge in [0.25, 0.3) is 0 Å². The monoisotopic (exact) mass is 345 g/mol. The summed E-state index contributed by atoms with van der Waals surface area (Å²) < 4.78 is 1.55. The lowest BCUT2D eigenvalue weighted by Crippen LogP contribution is -2.17. The van der Waals surface area contributed by atoms with Crippen molar-refractivity contribution in [2.45, 2.75) is 33.6 Å². The SMILES string of the molecule is Cc1cc(C)c2nc(-n3ncc(C#N)c3NC(=O)C3CC3)cc(C)c2c1. The first-order chi connectivity index (χ1) is 12.5. The van der Waals surface area contributed by atoms with E-state index in [-0.39, 0.29) is 11.8 Å². The number of carbonyl (C=O) groups excluding carboxylic acids is 1. The molecule has 6 heteroatoms. The Morgan fingerprint density at radius 3 is 2.69 bits per heavy atom. The van der Waals surface area contributed by atoms with Gasteiger partial charge in [0.15, 0.2) is 11.6 Å². The number of hydrogen-bond donors (Lipinski definition) is 1. The summed E-state index contributed by atoms with van der Waals surface area (Å²) in [5, 5.41) is 17.6. The van der Waals surface area contributed by atoms with E-state index in [1.54, 1.807) is 4.68 Å². The normalized spacial score (nSPS) is 13.6. The van der Waals surface area contributed by atoms with E-state index in [1.807, 2.05) is 19.9 Å². The molecule has 1 amide bonds. The Morgan fingerprint density at radius 2 is 2.00 bits per heavy atom. The average molecular weight is 345 g/mol. The highest BCUT2D eigenvalue weighted by Crippen LogP contribution is 2.31. The molecule has 1 fully saturated rings. The second-order valence-corrected chi connectivity index (χ2v) is 6.97. The van der Waals surface area contributed by atoms with Crippen LogP contribution in [0.25, 0.3) is 16.7 Å². The van der Waals surface area contributed by atoms with Gasteiger partial charge in [0.05, 0.1) is 11.7 Å². The number of nitrogens with zero attached hydrogens (tertiary/aromatic N) is 4. The van der Waals surface area contributed by atoms with Crippen molar-refractivity contribution in [3.63, 3.8) is 0 Å². The van der Waals surface area contributed by atoms with Gasteiger partial charge in [-0.1, -0.05) is 11.6 Å². The molecule has 0 spiro atoms. The van der Waals surface area contributed by atoms with E-state index in [2.05, 4.69) is 35.5 Å². The molecule has 1 N–H and O–H groups in total. The van der Waals surface area contributed by atoms with Crippen LogP contribution < -0.4 is 5.32 Å². The van der Waals surface area contributed by atoms with Crippen molar-refractivity contribution in [2.24, 2.45) is 5.92 Å². The quantitative estimate of drug-likeness (QED) is 0.786. The van der Waals surface area contributed by atoms with Crippen LogP contribution in [0.3, 0.4) is 0 Å². The number of hydrogen-bond acceptors (Lipinski definition) is 4. The average Bonchev–Trinajstić information content (AvgIpc) is 3.37. The van der Waals surface area contributed by atoms with E-state index in [0.717, 1.165) is 34.9 Å². The number of amides is 1. The Labute approximate surface area is 151 Å². The molecule has 4 rings (SSSR count). The summed E-state index contributed by atoms with van der Waals surface area (Å²) in [5.74, 6) is 0.962. The van der Waals surface area contributed by atoms with Gasteiger partial charge in [-0.2, -0.15) is 15.0 Å². The van der Waals surface area contributed by atoms with Crippen LogP contribution in [-0.2, 0) is 4.79 Å². The fraction of sp³-hybridized carbons (Fsp3) is 0.300. The number of aryl methyl sites for hydroxylation is 3. The molecule has 0 atom stereocenters. The van der Waals surface area contributed by atoms with Gasteiger partial charge >= 0.3 is 0 Å². The number of benzene rings is 1. The van der Waals surface area contributed by atoms with Crippen LogP contribution >= 0.6 is 0 Å². The number of rotatable bonds is 3. The molecular formula is C20H19N5O. The minimum absolute atomic E-state index is 0.0430. The number of carbonyl (C=O) groups is 1. The molecule has 1 aromatic carbocycles. The Kier molecular flexibility index (Phi) is 3.73. The predicted octanol–water partition coefficient (Wildman–Crippen LogP) is 3.57. The van der Waals surface area contributed by atoms with Crippen LogP contribution in [0.1, 0.15) is 35.1 Å². The lowest BCUT2D eigenvalue weighted by molar-refractivity contribution is -0.117. The number of nitriles is 1. The fourth-order valence-electron chi connectivity index (χ4n) is 3.22. The maximum absolute atomic E-state index is 12.2. The molecule has 6 nitrogen and oxygen atoms in total. The summed E-state index contributed by atoms with van der Waals surface area (Å²) in [5.41, 5.74) is 4.58. The second-order valence-electron chi connectivity index (χ2n) is 6.97. The van der Waals surface area contributed by atoms with E-state index >= 15 is 0 Å². The number of nitrogens with one attached hydrogen (secondary N) is 1. The van der Waals surface area contributed by atoms with Crippen molar-refractivity contribution >= 4 is 22.6 Å². The lowest BCUT2D eigenvalue weighted by atomic mass is 10.0. The molecule has 1 saturated carbocycles. The largest absolute Gasteiger partial charge is 0.309 e. The summed E-state index contributed by atoms with van der Waals surface area (Å²) in [6.07, 6.45) is 3.26. The zero-order valence-electron chi connectivity index (χ0n) is 15.0. The first-order valence-electron chi connectivity index (χ1n) is 8.66. The smallest absolute Gasteiger partial charge is 0.228 e. The highest BCUT2D eigenvalue weighted by molar-refractivity contribution is 5.94. The van der Waals surface area contributed by atoms with Crippen LogP contribution in [0.4, 0.5) is 5.82 Å². The third-order valence-corrected chi connectivity index (χ3v) is 4.74. The standard InChI is InChI=1S/C20H19N5O/c1-11-6-13(3)18-16(7-11)12(2)8-17(23-18)25-19(15(9-21)10-22-25)24-20(26)14-4-5-14/h6-8,10,14H,4-5H2,1-3H3,(H,24,26). The summed E-state index contributed by atoms with van der Waals surface area (Å²) in [6.45, 7) is 6.13. The molecule has 2 aromatic heterocycles. The number of pyridine rings is 1. The van der Waals surface area contributed by atoms with Crippen molar-refractivity contribution in [3.8, 4) is 11.9 Å². The van der Waals surface area contributed by atoms with Crippen LogP contribution in [0.5, 0.6) is 0 Å². The van der Waals surface area contributed by atoms with Crippen molar-refractivity contribution in [2.75, 3.05) is 5.32 Å². The summed E-state index contributed by atoms with van der Waals surface area (Å²) in [6, 6.07) is 8.24. The van der Waals surface area contributed by atoms with Gasteiger partial charge in [-0.15, -0.1) is 0 Å². The van der Waals surface area contributed by atoms with E-state index in [1.165, 1.54) is 11.8 Å². The lowest BCUT2D eigenvalue weighted by Gasteiger charge is -2.12. The van der Waals surface area contributed by atoms with Crippen LogP contribution in [-0.4, -0.2) is 20.7 Å².